The summed E-state index contributed by atoms with van der Waals surface area (Å²) in [6.45, 7) is 2.28. The molecule has 1 unspecified atom stereocenters. The van der Waals surface area contributed by atoms with Crippen LogP contribution >= 0.6 is 0 Å². The molecule has 142 valence electrons. The maximum atomic E-state index is 12.2. The predicted molar refractivity (Wildman–Crippen MR) is 105 cm³/mol. The van der Waals surface area contributed by atoms with Gasteiger partial charge in [-0.2, -0.15) is 0 Å². The number of amides is 3. The lowest BCUT2D eigenvalue weighted by molar-refractivity contribution is -0.117. The Morgan fingerprint density at radius 3 is 2.67 bits per heavy atom. The smallest absolute Gasteiger partial charge is 0.315 e. The van der Waals surface area contributed by atoms with Crippen LogP contribution in [0.1, 0.15) is 36.9 Å². The molecule has 0 radical (unpaired) electrons. The van der Waals surface area contributed by atoms with E-state index in [0.717, 1.165) is 35.4 Å². The van der Waals surface area contributed by atoms with Gasteiger partial charge in [0.05, 0.1) is 13.2 Å². The van der Waals surface area contributed by atoms with Crippen molar-refractivity contribution < 1.29 is 14.3 Å². The van der Waals surface area contributed by atoms with Crippen LogP contribution in [0.15, 0.2) is 48.5 Å². The molecule has 2 aromatic rings. The minimum Gasteiger partial charge on any atom is -0.496 e. The Balaban J connectivity index is 1.52. The average molecular weight is 367 g/mol. The number of carbonyl (C=O) groups excluding carboxylic acids is 2. The third-order valence-corrected chi connectivity index (χ3v) is 4.55. The van der Waals surface area contributed by atoms with Crippen LogP contribution in [0.25, 0.3) is 0 Å². The number of methoxy groups -OCH3 is 1. The number of hydrogen-bond acceptors (Lipinski definition) is 3. The second-order valence-corrected chi connectivity index (χ2v) is 6.75. The van der Waals surface area contributed by atoms with Crippen molar-refractivity contribution in [3.63, 3.8) is 0 Å². The van der Waals surface area contributed by atoms with Gasteiger partial charge in [0.15, 0.2) is 0 Å². The van der Waals surface area contributed by atoms with E-state index in [4.69, 9.17) is 4.74 Å². The van der Waals surface area contributed by atoms with Crippen LogP contribution < -0.4 is 20.7 Å². The molecule has 3 amide bonds. The normalized spacial score (nSPS) is 14.1. The Hall–Kier alpha value is -3.02. The van der Waals surface area contributed by atoms with Crippen molar-refractivity contribution in [3.8, 4) is 5.75 Å². The highest BCUT2D eigenvalue weighted by Gasteiger charge is 2.29. The van der Waals surface area contributed by atoms with E-state index < -0.39 is 0 Å². The van der Waals surface area contributed by atoms with Crippen molar-refractivity contribution in [2.24, 2.45) is 5.92 Å². The van der Waals surface area contributed by atoms with E-state index in [9.17, 15) is 9.59 Å². The van der Waals surface area contributed by atoms with Gasteiger partial charge in [-0.05, 0) is 43.5 Å². The molecule has 3 rings (SSSR count). The Morgan fingerprint density at radius 1 is 1.15 bits per heavy atom. The Bertz CT molecular complexity index is 818. The summed E-state index contributed by atoms with van der Waals surface area (Å²) in [5, 5.41) is 8.68. The van der Waals surface area contributed by atoms with Crippen molar-refractivity contribution >= 4 is 17.6 Å². The van der Waals surface area contributed by atoms with E-state index in [-0.39, 0.29) is 23.9 Å². The van der Waals surface area contributed by atoms with E-state index in [1.54, 1.807) is 7.11 Å². The van der Waals surface area contributed by atoms with Crippen LogP contribution in [0, 0.1) is 5.92 Å². The Labute approximate surface area is 159 Å². The van der Waals surface area contributed by atoms with Crippen molar-refractivity contribution in [2.45, 2.75) is 32.4 Å². The fraction of sp³-hybridized carbons (Fsp3) is 0.333. The molecule has 1 aliphatic rings. The highest BCUT2D eigenvalue weighted by atomic mass is 16.5. The van der Waals surface area contributed by atoms with Gasteiger partial charge in [-0.1, -0.05) is 30.3 Å². The zero-order chi connectivity index (χ0) is 19.2. The maximum Gasteiger partial charge on any atom is 0.315 e. The minimum atomic E-state index is -0.263. The van der Waals surface area contributed by atoms with Crippen LogP contribution in [-0.4, -0.2) is 19.0 Å². The summed E-state index contributed by atoms with van der Waals surface area (Å²) in [6, 6.07) is 14.7. The fourth-order valence-electron chi connectivity index (χ4n) is 2.88. The van der Waals surface area contributed by atoms with E-state index in [2.05, 4.69) is 16.0 Å². The van der Waals surface area contributed by atoms with Crippen LogP contribution in [0.2, 0.25) is 0 Å². The zero-order valence-electron chi connectivity index (χ0n) is 15.6. The molecule has 0 heterocycles. The molecule has 1 saturated carbocycles. The van der Waals surface area contributed by atoms with Crippen LogP contribution in [0.4, 0.5) is 10.5 Å². The third-order valence-electron chi connectivity index (χ3n) is 4.55. The quantitative estimate of drug-likeness (QED) is 0.699. The van der Waals surface area contributed by atoms with Gasteiger partial charge in [0, 0.05) is 23.7 Å². The molecule has 0 aromatic heterocycles. The van der Waals surface area contributed by atoms with Gasteiger partial charge in [-0.15, -0.1) is 0 Å². The first-order valence-corrected chi connectivity index (χ1v) is 9.14. The van der Waals surface area contributed by atoms with Crippen LogP contribution in [0.5, 0.6) is 5.75 Å². The summed E-state index contributed by atoms with van der Waals surface area (Å²) in [5.41, 5.74) is 2.60. The summed E-state index contributed by atoms with van der Waals surface area (Å²) >= 11 is 0. The molecule has 27 heavy (non-hydrogen) atoms. The molecule has 6 heteroatoms. The first-order valence-electron chi connectivity index (χ1n) is 9.14. The van der Waals surface area contributed by atoms with Gasteiger partial charge < -0.3 is 20.7 Å². The van der Waals surface area contributed by atoms with Crippen LogP contribution in [0.3, 0.4) is 0 Å². The molecule has 0 aliphatic heterocycles. The van der Waals surface area contributed by atoms with Gasteiger partial charge in [0.25, 0.3) is 0 Å². The maximum absolute atomic E-state index is 12.2. The number of rotatable bonds is 7. The van der Waals surface area contributed by atoms with E-state index in [0.29, 0.717) is 6.54 Å². The number of nitrogens with one attached hydrogen (secondary N) is 3. The molecule has 0 bridgehead atoms. The molecular weight excluding hydrogens is 342 g/mol. The van der Waals surface area contributed by atoms with E-state index >= 15 is 0 Å². The first-order chi connectivity index (χ1) is 13.1. The Kier molecular flexibility index (Phi) is 5.96. The number of hydrogen-bond donors (Lipinski definition) is 3. The monoisotopic (exact) mass is 367 g/mol. The number of urea groups is 1. The van der Waals surface area contributed by atoms with Crippen LogP contribution in [-0.2, 0) is 11.3 Å². The van der Waals surface area contributed by atoms with Gasteiger partial charge in [0.1, 0.15) is 5.75 Å². The lowest BCUT2D eigenvalue weighted by atomic mass is 10.1. The second-order valence-electron chi connectivity index (χ2n) is 6.75. The van der Waals surface area contributed by atoms with Gasteiger partial charge in [0.2, 0.25) is 5.91 Å². The number of carbonyl (C=O) groups is 2. The highest BCUT2D eigenvalue weighted by molar-refractivity contribution is 5.94. The molecule has 1 atom stereocenters. The number of anilines is 1. The van der Waals surface area contributed by atoms with Crippen molar-refractivity contribution in [3.05, 3.63) is 59.7 Å². The topological polar surface area (TPSA) is 79.5 Å². The molecule has 3 N–H and O–H groups in total. The summed E-state index contributed by atoms with van der Waals surface area (Å²) in [6.07, 6.45) is 1.94. The van der Waals surface area contributed by atoms with Gasteiger partial charge in [-0.25, -0.2) is 4.79 Å². The second kappa shape index (κ2) is 8.58. The molecule has 2 aromatic carbocycles. The largest absolute Gasteiger partial charge is 0.496 e. The number of ether oxygens (including phenoxy) is 1. The number of para-hydroxylation sites is 1. The number of benzene rings is 2. The molecule has 1 fully saturated rings. The standard InChI is InChI=1S/C21H25N3O3/c1-14(18-8-3-4-9-19(18)27-2)23-21(26)22-13-15-6-5-7-17(12-15)24-20(25)16-10-11-16/h3-9,12,14,16H,10-11,13H2,1-2H3,(H,24,25)(H2,22,23,26). The lowest BCUT2D eigenvalue weighted by Crippen LogP contribution is -2.36. The third kappa shape index (κ3) is 5.23. The van der Waals surface area contributed by atoms with Crippen molar-refractivity contribution in [2.75, 3.05) is 12.4 Å². The molecule has 0 saturated heterocycles. The predicted octanol–water partition coefficient (Wildman–Crippen LogP) is 3.60. The molecule has 1 aliphatic carbocycles. The van der Waals surface area contributed by atoms with E-state index in [1.165, 1.54) is 0 Å². The van der Waals surface area contributed by atoms with Crippen molar-refractivity contribution in [1.82, 2.24) is 10.6 Å². The summed E-state index contributed by atoms with van der Waals surface area (Å²) in [5.74, 6) is 0.974. The Morgan fingerprint density at radius 2 is 1.93 bits per heavy atom. The van der Waals surface area contributed by atoms with E-state index in [1.807, 2.05) is 55.5 Å². The average Bonchev–Trinajstić information content (AvgIpc) is 3.52. The molecular formula is C21H25N3O3. The van der Waals surface area contributed by atoms with Crippen molar-refractivity contribution in [1.29, 1.82) is 0 Å². The highest BCUT2D eigenvalue weighted by Crippen LogP contribution is 2.30. The fourth-order valence-corrected chi connectivity index (χ4v) is 2.88. The molecule has 0 spiro atoms. The van der Waals surface area contributed by atoms with Gasteiger partial charge in [-0.3, -0.25) is 4.79 Å². The zero-order valence-corrected chi connectivity index (χ0v) is 15.6. The molecule has 6 nitrogen and oxygen atoms in total. The minimum absolute atomic E-state index is 0.0727. The summed E-state index contributed by atoms with van der Waals surface area (Å²) in [7, 11) is 1.61. The lowest BCUT2D eigenvalue weighted by Gasteiger charge is -2.17. The summed E-state index contributed by atoms with van der Waals surface area (Å²) < 4.78 is 5.34. The van der Waals surface area contributed by atoms with Gasteiger partial charge >= 0.3 is 6.03 Å². The SMILES string of the molecule is COc1ccccc1C(C)NC(=O)NCc1cccc(NC(=O)C2CC2)c1. The summed E-state index contributed by atoms with van der Waals surface area (Å²) in [4.78, 5) is 24.1. The first kappa shape index (κ1) is 18.8.